The van der Waals surface area contributed by atoms with E-state index >= 15 is 0 Å². The number of halogens is 7. The van der Waals surface area contributed by atoms with E-state index < -0.39 is 81.6 Å². The highest BCUT2D eigenvalue weighted by Gasteiger charge is 2.60. The summed E-state index contributed by atoms with van der Waals surface area (Å²) in [7, 11) is 0. The maximum Gasteiger partial charge on any atom is 0.430 e. The highest BCUT2D eigenvalue weighted by molar-refractivity contribution is 5.90. The van der Waals surface area contributed by atoms with Gasteiger partial charge in [-0.25, -0.2) is 14.2 Å². The molecule has 1 amide bonds. The Balaban J connectivity index is 1.77. The van der Waals surface area contributed by atoms with Gasteiger partial charge in [-0.05, 0) is 76.6 Å². The molecule has 238 valence electrons. The molecule has 2 aromatic heterocycles. The molecule has 3 aromatic rings. The number of alkyl halides is 6. The molecule has 0 spiro atoms. The van der Waals surface area contributed by atoms with E-state index in [0.717, 1.165) is 18.2 Å². The molecule has 1 fully saturated rings. The van der Waals surface area contributed by atoms with Crippen LogP contribution in [0.2, 0.25) is 0 Å². The average Bonchev–Trinajstić information content (AvgIpc) is 3.57. The maximum atomic E-state index is 14.7. The van der Waals surface area contributed by atoms with Crippen molar-refractivity contribution < 1.29 is 49.8 Å². The Kier molecular flexibility index (Phi) is 7.79. The van der Waals surface area contributed by atoms with Crippen LogP contribution in [0.1, 0.15) is 69.0 Å². The van der Waals surface area contributed by atoms with Gasteiger partial charge < -0.3 is 19.2 Å². The van der Waals surface area contributed by atoms with Gasteiger partial charge in [0.1, 0.15) is 22.8 Å². The van der Waals surface area contributed by atoms with Gasteiger partial charge >= 0.3 is 18.4 Å². The summed E-state index contributed by atoms with van der Waals surface area (Å²) in [6.45, 7) is 4.71. The number of aryl methyl sites for hydroxylation is 1. The number of fused-ring (bicyclic) bond motifs is 9. The normalized spacial score (nSPS) is 20.9. The molecule has 4 heterocycles. The van der Waals surface area contributed by atoms with E-state index in [2.05, 4.69) is 20.5 Å². The van der Waals surface area contributed by atoms with Crippen LogP contribution in [-0.4, -0.2) is 50.7 Å². The third kappa shape index (κ3) is 5.90. The van der Waals surface area contributed by atoms with Crippen LogP contribution in [0, 0.1) is 5.82 Å². The molecule has 5 rings (SSSR count). The van der Waals surface area contributed by atoms with Crippen molar-refractivity contribution in [2.24, 2.45) is 0 Å². The Morgan fingerprint density at radius 2 is 1.80 bits per heavy atom. The van der Waals surface area contributed by atoms with Crippen molar-refractivity contribution in [1.29, 1.82) is 0 Å². The van der Waals surface area contributed by atoms with Crippen LogP contribution in [0.5, 0.6) is 0 Å². The number of anilines is 2. The van der Waals surface area contributed by atoms with Crippen molar-refractivity contribution in [1.82, 2.24) is 15.2 Å². The number of carbonyl (C=O) groups excluding carboxylic acids is 1. The summed E-state index contributed by atoms with van der Waals surface area (Å²) in [5, 5.41) is 20.2. The first-order valence-corrected chi connectivity index (χ1v) is 13.7. The Hall–Kier alpha value is -3.95. The summed E-state index contributed by atoms with van der Waals surface area (Å²) in [5.74, 6) is -3.59. The minimum atomic E-state index is -5.46. The van der Waals surface area contributed by atoms with E-state index in [9.17, 15) is 40.6 Å². The molecule has 2 aliphatic rings. The average molecular weight is 632 g/mol. The van der Waals surface area contributed by atoms with Crippen LogP contribution < -0.4 is 10.2 Å². The van der Waals surface area contributed by atoms with Gasteiger partial charge in [0.15, 0.2) is 5.69 Å². The fraction of sp³-hybridized carbons (Fsp3) is 0.500. The molecule has 2 atom stereocenters. The molecule has 16 heteroatoms. The van der Waals surface area contributed by atoms with Crippen molar-refractivity contribution in [3.8, 4) is 11.6 Å². The standard InChI is InChI=1S/C28H28F7N5O4/c1-25(2,3)44-24(41)36-19-13-17(27(30,31)32)21-37-20(19)22-38-39-23(43-22)26(42,28(33,34)35)15-9-10-18(29)14(12-15)6-4-7-16-8-5-11-40(16)21/h9-10,12-13,16,42H,4-8,11H2,1-3H3,(H,36,41)/t16-,26?/m1/s1. The van der Waals surface area contributed by atoms with Gasteiger partial charge in [0.05, 0.1) is 5.69 Å². The van der Waals surface area contributed by atoms with Gasteiger partial charge in [-0.1, -0.05) is 6.07 Å². The molecule has 1 saturated heterocycles. The van der Waals surface area contributed by atoms with Crippen LogP contribution in [0.15, 0.2) is 28.7 Å². The number of nitrogens with zero attached hydrogens (tertiary/aromatic N) is 4. The zero-order chi connectivity index (χ0) is 32.2. The van der Waals surface area contributed by atoms with E-state index in [0.29, 0.717) is 18.9 Å². The predicted molar refractivity (Wildman–Crippen MR) is 141 cm³/mol. The molecule has 1 aromatic carbocycles. The third-order valence-corrected chi connectivity index (χ3v) is 7.39. The fourth-order valence-electron chi connectivity index (χ4n) is 5.41. The predicted octanol–water partition coefficient (Wildman–Crippen LogP) is 6.74. The lowest BCUT2D eigenvalue weighted by atomic mass is 9.90. The van der Waals surface area contributed by atoms with Gasteiger partial charge in [0, 0.05) is 18.2 Å². The van der Waals surface area contributed by atoms with Crippen molar-refractivity contribution in [3.05, 3.63) is 52.7 Å². The molecule has 2 N–H and O–H groups in total. The minimum absolute atomic E-state index is 0.0589. The lowest BCUT2D eigenvalue weighted by Gasteiger charge is -2.29. The number of ether oxygens (including phenoxy) is 1. The maximum absolute atomic E-state index is 14.7. The number of carbonyl (C=O) groups is 1. The topological polar surface area (TPSA) is 114 Å². The van der Waals surface area contributed by atoms with Gasteiger partial charge in [-0.15, -0.1) is 10.2 Å². The number of hydrogen-bond donors (Lipinski definition) is 2. The number of aromatic nitrogens is 3. The van der Waals surface area contributed by atoms with Crippen LogP contribution in [0.25, 0.3) is 11.6 Å². The number of benzene rings is 1. The number of pyridine rings is 1. The van der Waals surface area contributed by atoms with E-state index in [1.54, 1.807) is 0 Å². The highest BCUT2D eigenvalue weighted by atomic mass is 19.4. The molecule has 2 aliphatic heterocycles. The van der Waals surface area contributed by atoms with Crippen molar-refractivity contribution in [2.45, 2.75) is 82.5 Å². The van der Waals surface area contributed by atoms with Crippen LogP contribution in [0.4, 0.5) is 47.0 Å². The Morgan fingerprint density at radius 1 is 1.09 bits per heavy atom. The molecular weight excluding hydrogens is 603 g/mol. The van der Waals surface area contributed by atoms with E-state index in [1.807, 2.05) is 0 Å². The van der Waals surface area contributed by atoms with E-state index in [-0.39, 0.29) is 31.4 Å². The summed E-state index contributed by atoms with van der Waals surface area (Å²) in [6.07, 6.45) is -10.2. The van der Waals surface area contributed by atoms with E-state index in [4.69, 9.17) is 9.15 Å². The van der Waals surface area contributed by atoms with Gasteiger partial charge in [0.2, 0.25) is 0 Å². The van der Waals surface area contributed by atoms with Crippen LogP contribution in [-0.2, 0) is 22.9 Å². The number of rotatable bonds is 1. The number of nitrogens with one attached hydrogen (secondary N) is 1. The minimum Gasteiger partial charge on any atom is -0.444 e. The lowest BCUT2D eigenvalue weighted by Crippen LogP contribution is -2.43. The first kappa shape index (κ1) is 31.5. The third-order valence-electron chi connectivity index (χ3n) is 7.39. The zero-order valence-corrected chi connectivity index (χ0v) is 23.7. The van der Waals surface area contributed by atoms with Crippen LogP contribution in [0.3, 0.4) is 0 Å². The highest BCUT2D eigenvalue weighted by Crippen LogP contribution is 2.47. The van der Waals surface area contributed by atoms with Crippen molar-refractivity contribution >= 4 is 17.6 Å². The Morgan fingerprint density at radius 3 is 2.45 bits per heavy atom. The Bertz CT molecular complexity index is 1570. The first-order valence-electron chi connectivity index (χ1n) is 13.7. The quantitative estimate of drug-likeness (QED) is 0.284. The van der Waals surface area contributed by atoms with Gasteiger partial charge in [-0.3, -0.25) is 5.32 Å². The van der Waals surface area contributed by atoms with Crippen molar-refractivity contribution in [2.75, 3.05) is 16.8 Å². The summed E-state index contributed by atoms with van der Waals surface area (Å²) < 4.78 is 112. The number of hydrogen-bond acceptors (Lipinski definition) is 8. The monoisotopic (exact) mass is 631 g/mol. The number of amides is 1. The summed E-state index contributed by atoms with van der Waals surface area (Å²) in [6, 6.07) is 2.48. The molecule has 0 radical (unpaired) electrons. The molecule has 0 aliphatic carbocycles. The second-order valence-electron chi connectivity index (χ2n) is 11.7. The zero-order valence-electron chi connectivity index (χ0n) is 23.7. The second kappa shape index (κ2) is 10.9. The molecular formula is C28H28F7N5O4. The molecule has 1 unspecified atom stereocenters. The molecule has 9 nitrogen and oxygen atoms in total. The molecule has 6 bridgehead atoms. The summed E-state index contributed by atoms with van der Waals surface area (Å²) >= 11 is 0. The van der Waals surface area contributed by atoms with Crippen molar-refractivity contribution in [3.63, 3.8) is 0 Å². The smallest absolute Gasteiger partial charge is 0.430 e. The summed E-state index contributed by atoms with van der Waals surface area (Å²) in [5.41, 5.74) is -8.37. The van der Waals surface area contributed by atoms with Crippen LogP contribution >= 0.6 is 0 Å². The van der Waals surface area contributed by atoms with Gasteiger partial charge in [-0.2, -0.15) is 26.3 Å². The SMILES string of the molecule is CC(C)(C)OC(=O)Nc1cc(C(F)(F)F)c2nc1-c1nnc(o1)C(O)(C(F)(F)F)c1ccc(F)c(c1)CCC[C@@H]1CCCN21. The molecule has 0 saturated carbocycles. The first-order chi connectivity index (χ1) is 20.4. The van der Waals surface area contributed by atoms with E-state index in [1.165, 1.54) is 25.7 Å². The summed E-state index contributed by atoms with van der Waals surface area (Å²) in [4.78, 5) is 18.2. The molecule has 44 heavy (non-hydrogen) atoms. The lowest BCUT2D eigenvalue weighted by molar-refractivity contribution is -0.255. The largest absolute Gasteiger partial charge is 0.444 e. The Labute approximate surface area is 246 Å². The second-order valence-corrected chi connectivity index (χ2v) is 11.7. The number of aliphatic hydroxyl groups is 1. The fourth-order valence-corrected chi connectivity index (χ4v) is 5.41. The van der Waals surface area contributed by atoms with Gasteiger partial charge in [0.25, 0.3) is 17.4 Å².